The van der Waals surface area contributed by atoms with Crippen molar-refractivity contribution in [2.24, 2.45) is 0 Å². The summed E-state index contributed by atoms with van der Waals surface area (Å²) >= 11 is 7.56. The van der Waals surface area contributed by atoms with E-state index >= 15 is 0 Å². The maximum atomic E-state index is 12.7. The van der Waals surface area contributed by atoms with Gasteiger partial charge in [-0.1, -0.05) is 23.7 Å². The molecule has 130 valence electrons. The molecule has 4 nitrogen and oxygen atoms in total. The van der Waals surface area contributed by atoms with E-state index in [9.17, 15) is 9.59 Å². The van der Waals surface area contributed by atoms with Gasteiger partial charge in [0.25, 0.3) is 5.56 Å². The summed E-state index contributed by atoms with van der Waals surface area (Å²) in [5.74, 6) is 0.708. The minimum atomic E-state index is -0.514. The van der Waals surface area contributed by atoms with Gasteiger partial charge in [-0.05, 0) is 54.0 Å². The first-order valence-corrected chi connectivity index (χ1v) is 9.68. The normalized spacial score (nSPS) is 18.9. The first-order chi connectivity index (χ1) is 12.1. The molecule has 0 N–H and O–H groups in total. The number of esters is 1. The van der Waals surface area contributed by atoms with Crippen molar-refractivity contribution in [2.45, 2.75) is 36.2 Å². The zero-order valence-corrected chi connectivity index (χ0v) is 15.4. The SMILES string of the molecule is COC(=O)C1CSc2c(C3CC3)c(Cc3ccc(Cl)cc3)cc(=O)n21. The van der Waals surface area contributed by atoms with E-state index in [0.29, 0.717) is 23.1 Å². The van der Waals surface area contributed by atoms with E-state index in [1.807, 2.05) is 24.3 Å². The van der Waals surface area contributed by atoms with Gasteiger partial charge in [0.1, 0.15) is 6.04 Å². The van der Waals surface area contributed by atoms with Crippen LogP contribution in [-0.4, -0.2) is 23.4 Å². The number of benzene rings is 1. The molecule has 0 radical (unpaired) electrons. The molecule has 1 aromatic heterocycles. The van der Waals surface area contributed by atoms with E-state index in [2.05, 4.69) is 0 Å². The van der Waals surface area contributed by atoms with Crippen molar-refractivity contribution in [3.05, 3.63) is 62.4 Å². The van der Waals surface area contributed by atoms with Crippen molar-refractivity contribution in [1.82, 2.24) is 4.57 Å². The number of aromatic nitrogens is 1. The van der Waals surface area contributed by atoms with Gasteiger partial charge in [0.05, 0.1) is 12.1 Å². The summed E-state index contributed by atoms with van der Waals surface area (Å²) in [6, 6.07) is 8.92. The minimum Gasteiger partial charge on any atom is -0.467 e. The lowest BCUT2D eigenvalue weighted by atomic mass is 9.98. The topological polar surface area (TPSA) is 48.3 Å². The van der Waals surface area contributed by atoms with Crippen LogP contribution in [0.4, 0.5) is 0 Å². The molecule has 6 heteroatoms. The van der Waals surface area contributed by atoms with Crippen LogP contribution in [-0.2, 0) is 16.0 Å². The largest absolute Gasteiger partial charge is 0.467 e. The molecule has 2 aromatic rings. The number of halogens is 1. The van der Waals surface area contributed by atoms with Crippen LogP contribution in [0.2, 0.25) is 5.02 Å². The molecule has 4 rings (SSSR count). The Kier molecular flexibility index (Phi) is 4.38. The Labute approximate surface area is 155 Å². The van der Waals surface area contributed by atoms with E-state index in [0.717, 1.165) is 29.0 Å². The Balaban J connectivity index is 1.79. The second-order valence-corrected chi connectivity index (χ2v) is 7.97. The fourth-order valence-electron chi connectivity index (χ4n) is 3.43. The Hall–Kier alpha value is -1.72. The standard InChI is InChI=1S/C19H18ClNO3S/c1-24-19(23)15-10-25-18-17(12-4-5-12)13(9-16(22)21(15)18)8-11-2-6-14(20)7-3-11/h2-3,6-7,9,12,15H,4-5,8,10H2,1H3. The van der Waals surface area contributed by atoms with Gasteiger partial charge >= 0.3 is 5.97 Å². The third-order valence-corrected chi connectivity index (χ3v) is 6.21. The number of methoxy groups -OCH3 is 1. The van der Waals surface area contributed by atoms with Crippen molar-refractivity contribution in [3.8, 4) is 0 Å². The molecule has 1 unspecified atom stereocenters. The van der Waals surface area contributed by atoms with Gasteiger partial charge < -0.3 is 4.74 Å². The molecule has 1 saturated carbocycles. The van der Waals surface area contributed by atoms with Crippen molar-refractivity contribution < 1.29 is 9.53 Å². The van der Waals surface area contributed by atoms with Crippen molar-refractivity contribution in [1.29, 1.82) is 0 Å². The monoisotopic (exact) mass is 375 g/mol. The molecule has 1 atom stereocenters. The van der Waals surface area contributed by atoms with Crippen LogP contribution in [0.15, 0.2) is 40.2 Å². The van der Waals surface area contributed by atoms with E-state index in [1.165, 1.54) is 12.7 Å². The number of rotatable bonds is 4. The third kappa shape index (κ3) is 3.11. The zero-order valence-electron chi connectivity index (χ0n) is 13.8. The molecule has 1 aromatic carbocycles. The lowest BCUT2D eigenvalue weighted by Crippen LogP contribution is -2.30. The van der Waals surface area contributed by atoms with Crippen LogP contribution < -0.4 is 5.56 Å². The van der Waals surface area contributed by atoms with Crippen molar-refractivity contribution in [2.75, 3.05) is 12.9 Å². The third-order valence-electron chi connectivity index (χ3n) is 4.79. The summed E-state index contributed by atoms with van der Waals surface area (Å²) in [4.78, 5) is 24.7. The number of pyridine rings is 1. The molecule has 0 saturated heterocycles. The summed E-state index contributed by atoms with van der Waals surface area (Å²) in [7, 11) is 1.37. The number of fused-ring (bicyclic) bond motifs is 1. The fraction of sp³-hybridized carbons (Fsp3) is 0.368. The predicted octanol–water partition coefficient (Wildman–Crippen LogP) is 3.79. The predicted molar refractivity (Wildman–Crippen MR) is 98.7 cm³/mol. The number of hydrogen-bond acceptors (Lipinski definition) is 4. The van der Waals surface area contributed by atoms with Crippen LogP contribution in [0.5, 0.6) is 0 Å². The fourth-order valence-corrected chi connectivity index (χ4v) is 4.96. The van der Waals surface area contributed by atoms with E-state index < -0.39 is 6.04 Å². The number of carbonyl (C=O) groups is 1. The van der Waals surface area contributed by atoms with Crippen LogP contribution >= 0.6 is 23.4 Å². The lowest BCUT2D eigenvalue weighted by Gasteiger charge is -2.17. The summed E-state index contributed by atoms with van der Waals surface area (Å²) in [5.41, 5.74) is 3.32. The van der Waals surface area contributed by atoms with Gasteiger partial charge in [0.2, 0.25) is 0 Å². The van der Waals surface area contributed by atoms with Gasteiger partial charge in [0, 0.05) is 16.8 Å². The van der Waals surface area contributed by atoms with E-state index in [-0.39, 0.29) is 11.5 Å². The Morgan fingerprint density at radius 1 is 1.32 bits per heavy atom. The average Bonchev–Trinajstić information content (AvgIpc) is 3.33. The summed E-state index contributed by atoms with van der Waals surface area (Å²) < 4.78 is 6.51. The molecule has 0 spiro atoms. The van der Waals surface area contributed by atoms with Crippen molar-refractivity contribution >= 4 is 29.3 Å². The molecule has 25 heavy (non-hydrogen) atoms. The first-order valence-electron chi connectivity index (χ1n) is 8.32. The number of ether oxygens (including phenoxy) is 1. The average molecular weight is 376 g/mol. The molecule has 2 heterocycles. The molecular weight excluding hydrogens is 358 g/mol. The molecular formula is C19H18ClNO3S. The molecule has 1 aliphatic heterocycles. The van der Waals surface area contributed by atoms with E-state index in [1.54, 1.807) is 22.4 Å². The van der Waals surface area contributed by atoms with Crippen molar-refractivity contribution in [3.63, 3.8) is 0 Å². The number of hydrogen-bond donors (Lipinski definition) is 0. The highest BCUT2D eigenvalue weighted by molar-refractivity contribution is 7.99. The molecule has 0 amide bonds. The Morgan fingerprint density at radius 2 is 2.04 bits per heavy atom. The highest BCUT2D eigenvalue weighted by Crippen LogP contribution is 2.48. The summed E-state index contributed by atoms with van der Waals surface area (Å²) in [6.45, 7) is 0. The van der Waals surface area contributed by atoms with Gasteiger partial charge in [-0.15, -0.1) is 11.8 Å². The van der Waals surface area contributed by atoms with Gasteiger partial charge in [0.15, 0.2) is 0 Å². The molecule has 1 aliphatic carbocycles. The van der Waals surface area contributed by atoms with Gasteiger partial charge in [-0.3, -0.25) is 9.36 Å². The summed E-state index contributed by atoms with van der Waals surface area (Å²) in [6.07, 6.45) is 2.99. The second-order valence-electron chi connectivity index (χ2n) is 6.52. The minimum absolute atomic E-state index is 0.122. The van der Waals surface area contributed by atoms with Gasteiger partial charge in [-0.25, -0.2) is 4.79 Å². The van der Waals surface area contributed by atoms with E-state index in [4.69, 9.17) is 16.3 Å². The number of thioether (sulfide) groups is 1. The first kappa shape index (κ1) is 16.7. The highest BCUT2D eigenvalue weighted by Gasteiger charge is 2.37. The molecule has 0 bridgehead atoms. The maximum Gasteiger partial charge on any atom is 0.329 e. The van der Waals surface area contributed by atoms with Crippen LogP contribution in [0.25, 0.3) is 0 Å². The molecule has 2 aliphatic rings. The molecule has 1 fully saturated rings. The maximum absolute atomic E-state index is 12.7. The lowest BCUT2D eigenvalue weighted by molar-refractivity contribution is -0.143. The Bertz CT molecular complexity index is 887. The quantitative estimate of drug-likeness (QED) is 0.763. The van der Waals surface area contributed by atoms with Gasteiger partial charge in [-0.2, -0.15) is 0 Å². The smallest absolute Gasteiger partial charge is 0.329 e. The van der Waals surface area contributed by atoms with Crippen LogP contribution in [0, 0.1) is 0 Å². The van der Waals surface area contributed by atoms with Crippen LogP contribution in [0.1, 0.15) is 41.5 Å². The Morgan fingerprint density at radius 3 is 2.68 bits per heavy atom. The highest BCUT2D eigenvalue weighted by atomic mass is 35.5. The zero-order chi connectivity index (χ0) is 17.6. The summed E-state index contributed by atoms with van der Waals surface area (Å²) in [5, 5.41) is 1.66. The van der Waals surface area contributed by atoms with Crippen LogP contribution in [0.3, 0.4) is 0 Å². The second kappa shape index (κ2) is 6.54. The number of nitrogens with zero attached hydrogens (tertiary/aromatic N) is 1. The number of carbonyl (C=O) groups excluding carboxylic acids is 1.